The SMILES string of the molecule is COCC(=O)CN1CCC(O)CC1. The zero-order valence-corrected chi connectivity index (χ0v) is 8.03. The molecule has 0 atom stereocenters. The number of Topliss-reactive ketones (excluding diaryl/α,β-unsaturated/α-hetero) is 1. The van der Waals surface area contributed by atoms with Crippen molar-refractivity contribution in [2.45, 2.75) is 18.9 Å². The predicted molar refractivity (Wildman–Crippen MR) is 48.6 cm³/mol. The van der Waals surface area contributed by atoms with Crippen molar-refractivity contribution in [3.8, 4) is 0 Å². The fourth-order valence-electron chi connectivity index (χ4n) is 1.53. The first-order chi connectivity index (χ1) is 6.22. The molecule has 0 spiro atoms. The smallest absolute Gasteiger partial charge is 0.172 e. The molecular formula is C9H17NO3. The lowest BCUT2D eigenvalue weighted by Crippen LogP contribution is -2.39. The summed E-state index contributed by atoms with van der Waals surface area (Å²) in [5.74, 6) is 0.110. The Morgan fingerprint density at radius 1 is 1.54 bits per heavy atom. The molecule has 0 aromatic heterocycles. The van der Waals surface area contributed by atoms with Crippen LogP contribution in [0.1, 0.15) is 12.8 Å². The Bertz CT molecular complexity index is 164. The van der Waals surface area contributed by atoms with Crippen molar-refractivity contribution in [2.75, 3.05) is 33.4 Å². The van der Waals surface area contributed by atoms with Gasteiger partial charge < -0.3 is 9.84 Å². The lowest BCUT2D eigenvalue weighted by Gasteiger charge is -2.28. The summed E-state index contributed by atoms with van der Waals surface area (Å²) < 4.78 is 4.74. The highest BCUT2D eigenvalue weighted by Crippen LogP contribution is 2.09. The number of rotatable bonds is 4. The summed E-state index contributed by atoms with van der Waals surface area (Å²) in [5.41, 5.74) is 0. The molecule has 0 unspecified atom stereocenters. The topological polar surface area (TPSA) is 49.8 Å². The predicted octanol–water partition coefficient (Wildman–Crippen LogP) is -0.341. The first-order valence-electron chi connectivity index (χ1n) is 4.63. The summed E-state index contributed by atoms with van der Waals surface area (Å²) >= 11 is 0. The van der Waals surface area contributed by atoms with E-state index in [0.717, 1.165) is 25.9 Å². The lowest BCUT2D eigenvalue weighted by atomic mass is 10.1. The van der Waals surface area contributed by atoms with Crippen molar-refractivity contribution in [3.05, 3.63) is 0 Å². The van der Waals surface area contributed by atoms with Crippen molar-refractivity contribution in [1.82, 2.24) is 4.90 Å². The Balaban J connectivity index is 2.18. The third-order valence-corrected chi connectivity index (χ3v) is 2.26. The Morgan fingerprint density at radius 3 is 2.69 bits per heavy atom. The van der Waals surface area contributed by atoms with Crippen molar-refractivity contribution >= 4 is 5.78 Å². The molecule has 0 bridgehead atoms. The maximum atomic E-state index is 11.2. The number of aliphatic hydroxyl groups excluding tert-OH is 1. The molecule has 0 aromatic carbocycles. The van der Waals surface area contributed by atoms with Gasteiger partial charge in [-0.1, -0.05) is 0 Å². The molecule has 1 aliphatic heterocycles. The molecule has 1 rings (SSSR count). The quantitative estimate of drug-likeness (QED) is 0.654. The van der Waals surface area contributed by atoms with Crippen LogP contribution in [0.3, 0.4) is 0 Å². The minimum absolute atomic E-state index is 0.110. The molecule has 4 nitrogen and oxygen atoms in total. The molecule has 13 heavy (non-hydrogen) atoms. The van der Waals surface area contributed by atoms with Crippen LogP contribution in [0.15, 0.2) is 0 Å². The third-order valence-electron chi connectivity index (χ3n) is 2.26. The van der Waals surface area contributed by atoms with E-state index in [1.807, 2.05) is 0 Å². The molecule has 1 aliphatic rings. The van der Waals surface area contributed by atoms with E-state index in [0.29, 0.717) is 6.54 Å². The molecule has 1 heterocycles. The highest BCUT2D eigenvalue weighted by atomic mass is 16.5. The monoisotopic (exact) mass is 187 g/mol. The zero-order valence-electron chi connectivity index (χ0n) is 8.03. The normalized spacial score (nSPS) is 20.5. The summed E-state index contributed by atoms with van der Waals surface area (Å²) in [4.78, 5) is 13.2. The molecule has 0 saturated carbocycles. The number of methoxy groups -OCH3 is 1. The number of aliphatic hydroxyl groups is 1. The van der Waals surface area contributed by atoms with E-state index < -0.39 is 0 Å². The summed E-state index contributed by atoms with van der Waals surface area (Å²) in [5, 5.41) is 9.23. The van der Waals surface area contributed by atoms with Gasteiger partial charge in [0.05, 0.1) is 12.6 Å². The number of hydrogen-bond acceptors (Lipinski definition) is 4. The van der Waals surface area contributed by atoms with E-state index in [2.05, 4.69) is 4.90 Å². The van der Waals surface area contributed by atoms with E-state index in [1.54, 1.807) is 0 Å². The number of carbonyl (C=O) groups excluding carboxylic acids is 1. The van der Waals surface area contributed by atoms with Crippen LogP contribution >= 0.6 is 0 Å². The minimum Gasteiger partial charge on any atom is -0.393 e. The first kappa shape index (κ1) is 10.6. The van der Waals surface area contributed by atoms with Gasteiger partial charge in [-0.3, -0.25) is 9.69 Å². The van der Waals surface area contributed by atoms with Gasteiger partial charge in [0.15, 0.2) is 5.78 Å². The fraction of sp³-hybridized carbons (Fsp3) is 0.889. The molecule has 4 heteroatoms. The third kappa shape index (κ3) is 3.85. The van der Waals surface area contributed by atoms with Crippen molar-refractivity contribution in [3.63, 3.8) is 0 Å². The molecule has 0 amide bonds. The first-order valence-corrected chi connectivity index (χ1v) is 4.63. The highest BCUT2D eigenvalue weighted by molar-refractivity contribution is 5.81. The van der Waals surface area contributed by atoms with Gasteiger partial charge in [-0.05, 0) is 12.8 Å². The second-order valence-corrected chi connectivity index (χ2v) is 3.48. The van der Waals surface area contributed by atoms with E-state index in [1.165, 1.54) is 7.11 Å². The molecule has 1 N–H and O–H groups in total. The number of carbonyl (C=O) groups is 1. The van der Waals surface area contributed by atoms with Crippen LogP contribution < -0.4 is 0 Å². The Kier molecular flexibility index (Phi) is 4.35. The van der Waals surface area contributed by atoms with Crippen LogP contribution in [0.5, 0.6) is 0 Å². The fourth-order valence-corrected chi connectivity index (χ4v) is 1.53. The van der Waals surface area contributed by atoms with Gasteiger partial charge in [0.2, 0.25) is 0 Å². The van der Waals surface area contributed by atoms with Gasteiger partial charge >= 0.3 is 0 Å². The number of ether oxygens (including phenoxy) is 1. The molecule has 1 fully saturated rings. The van der Waals surface area contributed by atoms with E-state index in [4.69, 9.17) is 4.74 Å². The van der Waals surface area contributed by atoms with Gasteiger partial charge in [0.25, 0.3) is 0 Å². The molecule has 76 valence electrons. The van der Waals surface area contributed by atoms with E-state index >= 15 is 0 Å². The molecule has 0 aliphatic carbocycles. The number of nitrogens with zero attached hydrogens (tertiary/aromatic N) is 1. The number of piperidine rings is 1. The lowest BCUT2D eigenvalue weighted by molar-refractivity contribution is -0.124. The number of hydrogen-bond donors (Lipinski definition) is 1. The van der Waals surface area contributed by atoms with Crippen molar-refractivity contribution in [2.24, 2.45) is 0 Å². The Hall–Kier alpha value is -0.450. The maximum Gasteiger partial charge on any atom is 0.172 e. The molecule has 0 aromatic rings. The highest BCUT2D eigenvalue weighted by Gasteiger charge is 2.18. The summed E-state index contributed by atoms with van der Waals surface area (Å²) in [7, 11) is 1.53. The summed E-state index contributed by atoms with van der Waals surface area (Å²) in [6.07, 6.45) is 1.38. The molecule has 1 saturated heterocycles. The Morgan fingerprint density at radius 2 is 2.15 bits per heavy atom. The minimum atomic E-state index is -0.172. The van der Waals surface area contributed by atoms with Gasteiger partial charge in [-0.25, -0.2) is 0 Å². The number of ketones is 1. The van der Waals surface area contributed by atoms with Gasteiger partial charge in [0, 0.05) is 20.2 Å². The average Bonchev–Trinajstić information content (AvgIpc) is 2.09. The van der Waals surface area contributed by atoms with Crippen LogP contribution in [0.2, 0.25) is 0 Å². The average molecular weight is 187 g/mol. The zero-order chi connectivity index (χ0) is 9.68. The van der Waals surface area contributed by atoms with Crippen LogP contribution in [0.25, 0.3) is 0 Å². The summed E-state index contributed by atoms with van der Waals surface area (Å²) in [6.45, 7) is 2.28. The van der Waals surface area contributed by atoms with E-state index in [-0.39, 0.29) is 18.5 Å². The standard InChI is InChI=1S/C9H17NO3/c1-13-7-9(12)6-10-4-2-8(11)3-5-10/h8,11H,2-7H2,1H3. The second kappa shape index (κ2) is 5.32. The Labute approximate surface area is 78.5 Å². The van der Waals surface area contributed by atoms with Crippen molar-refractivity contribution < 1.29 is 14.6 Å². The van der Waals surface area contributed by atoms with Gasteiger partial charge in [-0.2, -0.15) is 0 Å². The largest absolute Gasteiger partial charge is 0.393 e. The van der Waals surface area contributed by atoms with Crippen molar-refractivity contribution in [1.29, 1.82) is 0 Å². The van der Waals surface area contributed by atoms with E-state index in [9.17, 15) is 9.90 Å². The van der Waals surface area contributed by atoms with Crippen LogP contribution in [-0.4, -0.2) is 55.2 Å². The second-order valence-electron chi connectivity index (χ2n) is 3.48. The van der Waals surface area contributed by atoms with Gasteiger partial charge in [-0.15, -0.1) is 0 Å². The van der Waals surface area contributed by atoms with Crippen LogP contribution in [0.4, 0.5) is 0 Å². The molecular weight excluding hydrogens is 170 g/mol. The van der Waals surface area contributed by atoms with Crippen LogP contribution in [0, 0.1) is 0 Å². The molecule has 0 radical (unpaired) electrons. The summed E-state index contributed by atoms with van der Waals surface area (Å²) in [6, 6.07) is 0. The maximum absolute atomic E-state index is 11.2. The number of likely N-dealkylation sites (tertiary alicyclic amines) is 1. The van der Waals surface area contributed by atoms with Gasteiger partial charge in [0.1, 0.15) is 6.61 Å². The van der Waals surface area contributed by atoms with Crippen LogP contribution in [-0.2, 0) is 9.53 Å².